The molecule has 22 heavy (non-hydrogen) atoms. The molecule has 1 saturated heterocycles. The van der Waals surface area contributed by atoms with E-state index in [0.29, 0.717) is 19.4 Å². The monoisotopic (exact) mass is 316 g/mol. The lowest BCUT2D eigenvalue weighted by atomic mass is 10.0. The van der Waals surface area contributed by atoms with Crippen molar-refractivity contribution in [3.05, 3.63) is 35.4 Å². The van der Waals surface area contributed by atoms with Crippen LogP contribution < -0.4 is 10.6 Å². The van der Waals surface area contributed by atoms with Crippen LogP contribution in [0.3, 0.4) is 0 Å². The SMILES string of the molecule is C[C@H](Cc1ccc(C(F)(F)F)cc1)NC(=O)[C@@H]1C[C@@H](O)CN1. The maximum atomic E-state index is 12.5. The topological polar surface area (TPSA) is 61.4 Å². The highest BCUT2D eigenvalue weighted by molar-refractivity contribution is 5.82. The Morgan fingerprint density at radius 3 is 2.55 bits per heavy atom. The van der Waals surface area contributed by atoms with Gasteiger partial charge in [-0.2, -0.15) is 13.2 Å². The number of rotatable bonds is 4. The molecule has 122 valence electrons. The summed E-state index contributed by atoms with van der Waals surface area (Å²) in [7, 11) is 0. The number of β-amino-alcohol motifs (C(OH)–C–C–N with tert-alkyl or cyclic N) is 1. The molecule has 1 aromatic rings. The Kier molecular flexibility index (Phi) is 5.08. The Morgan fingerprint density at radius 2 is 2.05 bits per heavy atom. The normalized spacial score (nSPS) is 23.3. The van der Waals surface area contributed by atoms with Crippen molar-refractivity contribution in [2.45, 2.75) is 44.1 Å². The highest BCUT2D eigenvalue weighted by Gasteiger charge is 2.30. The third-order valence-corrected chi connectivity index (χ3v) is 3.64. The first-order valence-electron chi connectivity index (χ1n) is 7.13. The molecule has 0 bridgehead atoms. The largest absolute Gasteiger partial charge is 0.416 e. The zero-order valence-electron chi connectivity index (χ0n) is 12.2. The smallest absolute Gasteiger partial charge is 0.392 e. The van der Waals surface area contributed by atoms with E-state index < -0.39 is 23.9 Å². The average molecular weight is 316 g/mol. The van der Waals surface area contributed by atoms with Crippen molar-refractivity contribution in [3.8, 4) is 0 Å². The molecule has 4 nitrogen and oxygen atoms in total. The van der Waals surface area contributed by atoms with Crippen molar-refractivity contribution in [2.75, 3.05) is 6.54 Å². The second-order valence-electron chi connectivity index (χ2n) is 5.66. The van der Waals surface area contributed by atoms with Gasteiger partial charge in [0.25, 0.3) is 0 Å². The number of amides is 1. The molecule has 0 spiro atoms. The number of halogens is 3. The molecule has 7 heteroatoms. The molecule has 0 saturated carbocycles. The van der Waals surface area contributed by atoms with Gasteiger partial charge in [-0.05, 0) is 37.5 Å². The first kappa shape index (κ1) is 16.8. The molecule has 1 aromatic carbocycles. The van der Waals surface area contributed by atoms with Crippen molar-refractivity contribution in [3.63, 3.8) is 0 Å². The maximum Gasteiger partial charge on any atom is 0.416 e. The summed E-state index contributed by atoms with van der Waals surface area (Å²) in [5.41, 5.74) is 0.0392. The second kappa shape index (κ2) is 6.66. The third-order valence-electron chi connectivity index (χ3n) is 3.64. The lowest BCUT2D eigenvalue weighted by Gasteiger charge is -2.17. The molecule has 2 rings (SSSR count). The van der Waals surface area contributed by atoms with E-state index in [0.717, 1.165) is 17.7 Å². The standard InChI is InChI=1S/C15H19F3N2O2/c1-9(20-14(22)13-7-12(21)8-19-13)6-10-2-4-11(5-3-10)15(16,17)18/h2-5,9,12-13,19,21H,6-8H2,1H3,(H,20,22)/t9-,12-,13+/m1/s1. The van der Waals surface area contributed by atoms with Gasteiger partial charge >= 0.3 is 6.18 Å². The van der Waals surface area contributed by atoms with Gasteiger partial charge in [0.15, 0.2) is 0 Å². The van der Waals surface area contributed by atoms with E-state index in [1.54, 1.807) is 6.92 Å². The Morgan fingerprint density at radius 1 is 1.41 bits per heavy atom. The first-order chi connectivity index (χ1) is 10.3. The van der Waals surface area contributed by atoms with Crippen LogP contribution >= 0.6 is 0 Å². The molecule has 3 N–H and O–H groups in total. The van der Waals surface area contributed by atoms with Crippen molar-refractivity contribution in [2.24, 2.45) is 0 Å². The molecule has 1 amide bonds. The lowest BCUT2D eigenvalue weighted by molar-refractivity contribution is -0.137. The molecule has 0 radical (unpaired) electrons. The van der Waals surface area contributed by atoms with E-state index in [1.165, 1.54) is 12.1 Å². The van der Waals surface area contributed by atoms with Crippen LogP contribution in [0.15, 0.2) is 24.3 Å². The molecule has 1 aliphatic rings. The van der Waals surface area contributed by atoms with E-state index in [9.17, 15) is 23.1 Å². The Bertz CT molecular complexity index is 517. The van der Waals surface area contributed by atoms with Gasteiger partial charge in [-0.25, -0.2) is 0 Å². The summed E-state index contributed by atoms with van der Waals surface area (Å²) < 4.78 is 37.4. The van der Waals surface area contributed by atoms with E-state index in [-0.39, 0.29) is 11.9 Å². The number of carbonyl (C=O) groups is 1. The lowest BCUT2D eigenvalue weighted by Crippen LogP contribution is -2.44. The number of aliphatic hydroxyl groups excluding tert-OH is 1. The van der Waals surface area contributed by atoms with Crippen LogP contribution in [0.2, 0.25) is 0 Å². The summed E-state index contributed by atoms with van der Waals surface area (Å²) in [6, 6.07) is 4.30. The number of hydrogen-bond acceptors (Lipinski definition) is 3. The number of benzene rings is 1. The minimum Gasteiger partial charge on any atom is -0.392 e. The van der Waals surface area contributed by atoms with Crippen LogP contribution in [0.1, 0.15) is 24.5 Å². The quantitative estimate of drug-likeness (QED) is 0.788. The van der Waals surface area contributed by atoms with E-state index >= 15 is 0 Å². The zero-order valence-corrected chi connectivity index (χ0v) is 12.2. The molecule has 1 fully saturated rings. The van der Waals surface area contributed by atoms with Crippen LogP contribution in [-0.2, 0) is 17.4 Å². The van der Waals surface area contributed by atoms with Gasteiger partial charge in [0.1, 0.15) is 0 Å². The minimum atomic E-state index is -4.34. The molecule has 3 atom stereocenters. The van der Waals surface area contributed by atoms with E-state index in [4.69, 9.17) is 0 Å². The van der Waals surface area contributed by atoms with E-state index in [1.807, 2.05) is 0 Å². The molecule has 1 aliphatic heterocycles. The minimum absolute atomic E-state index is 0.198. The molecular formula is C15H19F3N2O2. The van der Waals surface area contributed by atoms with Crippen molar-refractivity contribution in [1.82, 2.24) is 10.6 Å². The van der Waals surface area contributed by atoms with Gasteiger partial charge in [0.2, 0.25) is 5.91 Å². The van der Waals surface area contributed by atoms with Crippen molar-refractivity contribution >= 4 is 5.91 Å². The third kappa shape index (κ3) is 4.45. The van der Waals surface area contributed by atoms with Gasteiger partial charge in [-0.15, -0.1) is 0 Å². The van der Waals surface area contributed by atoms with Crippen LogP contribution in [0, 0.1) is 0 Å². The van der Waals surface area contributed by atoms with Gasteiger partial charge in [0, 0.05) is 12.6 Å². The van der Waals surface area contributed by atoms with Crippen LogP contribution in [0.4, 0.5) is 13.2 Å². The predicted molar refractivity (Wildman–Crippen MR) is 75.2 cm³/mol. The second-order valence-corrected chi connectivity index (χ2v) is 5.66. The first-order valence-corrected chi connectivity index (χ1v) is 7.13. The highest BCUT2D eigenvalue weighted by Crippen LogP contribution is 2.29. The van der Waals surface area contributed by atoms with Crippen LogP contribution in [0.25, 0.3) is 0 Å². The summed E-state index contributed by atoms with van der Waals surface area (Å²) in [4.78, 5) is 11.9. The fourth-order valence-electron chi connectivity index (χ4n) is 2.49. The predicted octanol–water partition coefficient (Wildman–Crippen LogP) is 1.48. The summed E-state index contributed by atoms with van der Waals surface area (Å²) in [6.07, 6.45) is -4.04. The summed E-state index contributed by atoms with van der Waals surface area (Å²) in [5, 5.41) is 15.1. The van der Waals surface area contributed by atoms with Gasteiger partial charge < -0.3 is 15.7 Å². The number of nitrogens with one attached hydrogen (secondary N) is 2. The summed E-state index contributed by atoms with van der Waals surface area (Å²) in [6.45, 7) is 2.19. The number of carbonyl (C=O) groups excluding carboxylic acids is 1. The van der Waals surface area contributed by atoms with Gasteiger partial charge in [-0.3, -0.25) is 4.79 Å². The highest BCUT2D eigenvalue weighted by atomic mass is 19.4. The molecule has 1 heterocycles. The maximum absolute atomic E-state index is 12.5. The number of hydrogen-bond donors (Lipinski definition) is 3. The fourth-order valence-corrected chi connectivity index (χ4v) is 2.49. The fraction of sp³-hybridized carbons (Fsp3) is 0.533. The average Bonchev–Trinajstić information content (AvgIpc) is 2.85. The number of aliphatic hydroxyl groups is 1. The van der Waals surface area contributed by atoms with Gasteiger partial charge in [-0.1, -0.05) is 12.1 Å². The van der Waals surface area contributed by atoms with Crippen LogP contribution in [-0.4, -0.2) is 35.7 Å². The zero-order chi connectivity index (χ0) is 16.3. The summed E-state index contributed by atoms with van der Waals surface area (Å²) >= 11 is 0. The molecular weight excluding hydrogens is 297 g/mol. The molecule has 0 aromatic heterocycles. The van der Waals surface area contributed by atoms with Crippen molar-refractivity contribution in [1.29, 1.82) is 0 Å². The molecule has 0 aliphatic carbocycles. The summed E-state index contributed by atoms with van der Waals surface area (Å²) in [5.74, 6) is -0.198. The van der Waals surface area contributed by atoms with Crippen LogP contribution in [0.5, 0.6) is 0 Å². The molecule has 0 unspecified atom stereocenters. The Hall–Kier alpha value is -1.60. The number of alkyl halides is 3. The Balaban J connectivity index is 1.86. The Labute approximate surface area is 126 Å². The van der Waals surface area contributed by atoms with Gasteiger partial charge in [0.05, 0.1) is 17.7 Å². The van der Waals surface area contributed by atoms with E-state index in [2.05, 4.69) is 10.6 Å². The van der Waals surface area contributed by atoms with Crippen molar-refractivity contribution < 1.29 is 23.1 Å².